The Morgan fingerprint density at radius 3 is 3.18 bits per heavy atom. The lowest BCUT2D eigenvalue weighted by Gasteiger charge is -2.18. The number of hydrogen-bond donors (Lipinski definition) is 2. The van der Waals surface area contributed by atoms with Crippen LogP contribution >= 0.6 is 15.9 Å². The summed E-state index contributed by atoms with van der Waals surface area (Å²) < 4.78 is 5.98. The smallest absolute Gasteiger partial charge is 0.252 e. The van der Waals surface area contributed by atoms with Crippen LogP contribution in [0.5, 0.6) is 0 Å². The monoisotopic (exact) mass is 299 g/mol. The summed E-state index contributed by atoms with van der Waals surface area (Å²) >= 11 is 3.31. The average molecular weight is 300 g/mol. The largest absolute Gasteiger partial charge is 0.378 e. The first-order valence-electron chi connectivity index (χ1n) is 5.36. The second-order valence-corrected chi connectivity index (χ2v) is 4.72. The van der Waals surface area contributed by atoms with Crippen LogP contribution in [0.3, 0.4) is 0 Å². The van der Waals surface area contributed by atoms with Gasteiger partial charge in [-0.15, -0.1) is 0 Å². The lowest BCUT2D eigenvalue weighted by molar-refractivity contribution is 0.0779. The first-order chi connectivity index (χ1) is 8.22. The number of rotatable bonds is 3. The highest BCUT2D eigenvalue weighted by Crippen LogP contribution is 2.15. The summed E-state index contributed by atoms with van der Waals surface area (Å²) in [5.74, 6) is -0.116. The molecular formula is C11H14BrN3O2. The van der Waals surface area contributed by atoms with E-state index < -0.39 is 0 Å². The molecule has 1 fully saturated rings. The number of aromatic nitrogens is 1. The molecule has 5 nitrogen and oxygen atoms in total. The van der Waals surface area contributed by atoms with Gasteiger partial charge in [-0.2, -0.15) is 0 Å². The summed E-state index contributed by atoms with van der Waals surface area (Å²) in [4.78, 5) is 16.0. The van der Waals surface area contributed by atoms with Gasteiger partial charge in [-0.3, -0.25) is 9.78 Å². The van der Waals surface area contributed by atoms with E-state index in [0.29, 0.717) is 10.0 Å². The third-order valence-corrected chi connectivity index (χ3v) is 3.43. The molecule has 0 bridgehead atoms. The summed E-state index contributed by atoms with van der Waals surface area (Å²) in [7, 11) is 1.65. The Balaban J connectivity index is 2.04. The van der Waals surface area contributed by atoms with Crippen LogP contribution in [0.15, 0.2) is 22.9 Å². The van der Waals surface area contributed by atoms with Gasteiger partial charge in [0.15, 0.2) is 0 Å². The molecule has 2 heterocycles. The van der Waals surface area contributed by atoms with Crippen molar-refractivity contribution >= 4 is 21.8 Å². The van der Waals surface area contributed by atoms with Crippen molar-refractivity contribution in [2.24, 2.45) is 0 Å². The molecule has 6 heteroatoms. The molecule has 1 aromatic rings. The van der Waals surface area contributed by atoms with Crippen LogP contribution in [-0.2, 0) is 4.74 Å². The van der Waals surface area contributed by atoms with E-state index in [9.17, 15) is 4.79 Å². The fourth-order valence-electron chi connectivity index (χ4n) is 1.85. The second-order valence-electron chi connectivity index (χ2n) is 3.87. The topological polar surface area (TPSA) is 63.2 Å². The predicted octanol–water partition coefficient (Wildman–Crippen LogP) is 0.561. The van der Waals surface area contributed by atoms with E-state index in [1.54, 1.807) is 25.6 Å². The lowest BCUT2D eigenvalue weighted by atomic mass is 10.2. The highest BCUT2D eigenvalue weighted by Gasteiger charge is 2.28. The third-order valence-electron chi connectivity index (χ3n) is 2.79. The molecule has 0 aliphatic carbocycles. The maximum absolute atomic E-state index is 12.0. The van der Waals surface area contributed by atoms with Gasteiger partial charge in [0.25, 0.3) is 5.91 Å². The maximum Gasteiger partial charge on any atom is 0.252 e. The number of pyridine rings is 1. The molecule has 2 atom stereocenters. The van der Waals surface area contributed by atoms with Gasteiger partial charge >= 0.3 is 0 Å². The van der Waals surface area contributed by atoms with Gasteiger partial charge in [0, 0.05) is 37.1 Å². The van der Waals surface area contributed by atoms with E-state index in [-0.39, 0.29) is 18.1 Å². The molecule has 17 heavy (non-hydrogen) atoms. The Hall–Kier alpha value is -0.980. The molecule has 1 aromatic heterocycles. The van der Waals surface area contributed by atoms with Gasteiger partial charge in [0.05, 0.1) is 17.7 Å². The molecule has 0 aromatic carbocycles. The molecule has 1 aliphatic heterocycles. The molecule has 0 saturated carbocycles. The highest BCUT2D eigenvalue weighted by molar-refractivity contribution is 9.10. The molecule has 0 radical (unpaired) electrons. The number of ether oxygens (including phenoxy) is 1. The van der Waals surface area contributed by atoms with Gasteiger partial charge < -0.3 is 15.4 Å². The van der Waals surface area contributed by atoms with E-state index >= 15 is 0 Å². The number of amides is 1. The first kappa shape index (κ1) is 12.5. The zero-order valence-electron chi connectivity index (χ0n) is 9.44. The number of methoxy groups -OCH3 is 1. The summed E-state index contributed by atoms with van der Waals surface area (Å²) in [6.45, 7) is 1.49. The Bertz CT molecular complexity index is 413. The summed E-state index contributed by atoms with van der Waals surface area (Å²) in [5, 5.41) is 6.13. The average Bonchev–Trinajstić information content (AvgIpc) is 2.76. The zero-order chi connectivity index (χ0) is 12.3. The van der Waals surface area contributed by atoms with Crippen LogP contribution in [0.25, 0.3) is 0 Å². The predicted molar refractivity (Wildman–Crippen MR) is 66.9 cm³/mol. The molecule has 2 rings (SSSR count). The Labute approximate surface area is 108 Å². The van der Waals surface area contributed by atoms with Crippen molar-refractivity contribution in [2.75, 3.05) is 20.2 Å². The Kier molecular flexibility index (Phi) is 4.09. The second kappa shape index (κ2) is 5.57. The van der Waals surface area contributed by atoms with Gasteiger partial charge in [-0.05, 0) is 22.0 Å². The number of halogens is 1. The first-order valence-corrected chi connectivity index (χ1v) is 6.15. The van der Waals surface area contributed by atoms with Crippen molar-refractivity contribution in [3.8, 4) is 0 Å². The van der Waals surface area contributed by atoms with Gasteiger partial charge in [-0.1, -0.05) is 0 Å². The van der Waals surface area contributed by atoms with Crippen molar-refractivity contribution in [1.29, 1.82) is 0 Å². The number of nitrogens with one attached hydrogen (secondary N) is 2. The van der Waals surface area contributed by atoms with E-state index in [1.807, 2.05) is 0 Å². The SMILES string of the molecule is CO[C@H]1CNC[C@H]1NC(=O)c1ccncc1Br. The maximum atomic E-state index is 12.0. The van der Waals surface area contributed by atoms with Crippen molar-refractivity contribution in [1.82, 2.24) is 15.6 Å². The number of carbonyl (C=O) groups excluding carboxylic acids is 1. The standard InChI is InChI=1S/C11H14BrN3O2/c1-17-10-6-14-5-9(10)15-11(16)7-2-3-13-4-8(7)12/h2-4,9-10,14H,5-6H2,1H3,(H,15,16)/t9-,10+/m1/s1. The number of carbonyl (C=O) groups is 1. The van der Waals surface area contributed by atoms with Gasteiger partial charge in [0.2, 0.25) is 0 Å². The quantitative estimate of drug-likeness (QED) is 0.856. The molecule has 1 amide bonds. The minimum absolute atomic E-state index is 0.00700. The van der Waals surface area contributed by atoms with Crippen LogP contribution in [0.1, 0.15) is 10.4 Å². The Morgan fingerprint density at radius 1 is 1.65 bits per heavy atom. The van der Waals surface area contributed by atoms with Crippen molar-refractivity contribution in [2.45, 2.75) is 12.1 Å². The fourth-order valence-corrected chi connectivity index (χ4v) is 2.28. The minimum atomic E-state index is -0.116. The van der Waals surface area contributed by atoms with Crippen LogP contribution < -0.4 is 10.6 Å². The summed E-state index contributed by atoms with van der Waals surface area (Å²) in [6, 6.07) is 1.69. The number of hydrogen-bond acceptors (Lipinski definition) is 4. The van der Waals surface area contributed by atoms with Crippen LogP contribution in [0.4, 0.5) is 0 Å². The molecule has 1 aliphatic rings. The fraction of sp³-hybridized carbons (Fsp3) is 0.455. The van der Waals surface area contributed by atoms with E-state index in [0.717, 1.165) is 13.1 Å². The van der Waals surface area contributed by atoms with Crippen molar-refractivity contribution in [3.63, 3.8) is 0 Å². The van der Waals surface area contributed by atoms with Gasteiger partial charge in [-0.25, -0.2) is 0 Å². The normalized spacial score (nSPS) is 23.6. The molecule has 0 unspecified atom stereocenters. The van der Waals surface area contributed by atoms with E-state index in [2.05, 4.69) is 31.5 Å². The Morgan fingerprint density at radius 2 is 2.47 bits per heavy atom. The number of nitrogens with zero attached hydrogens (tertiary/aromatic N) is 1. The molecule has 1 saturated heterocycles. The summed E-state index contributed by atoms with van der Waals surface area (Å²) in [5.41, 5.74) is 0.585. The molecular weight excluding hydrogens is 286 g/mol. The van der Waals surface area contributed by atoms with Crippen LogP contribution in [0.2, 0.25) is 0 Å². The minimum Gasteiger partial charge on any atom is -0.378 e. The molecule has 92 valence electrons. The van der Waals surface area contributed by atoms with E-state index in [1.165, 1.54) is 0 Å². The zero-order valence-corrected chi connectivity index (χ0v) is 11.0. The van der Waals surface area contributed by atoms with Crippen molar-refractivity contribution in [3.05, 3.63) is 28.5 Å². The lowest BCUT2D eigenvalue weighted by Crippen LogP contribution is -2.43. The molecule has 2 N–H and O–H groups in total. The molecule has 0 spiro atoms. The van der Waals surface area contributed by atoms with Crippen molar-refractivity contribution < 1.29 is 9.53 Å². The highest BCUT2D eigenvalue weighted by atomic mass is 79.9. The third kappa shape index (κ3) is 2.83. The van der Waals surface area contributed by atoms with E-state index in [4.69, 9.17) is 4.74 Å². The summed E-state index contributed by atoms with van der Waals surface area (Å²) in [6.07, 6.45) is 3.23. The van der Waals surface area contributed by atoms with Crippen LogP contribution in [0, 0.1) is 0 Å². The van der Waals surface area contributed by atoms with Crippen LogP contribution in [-0.4, -0.2) is 43.2 Å². The van der Waals surface area contributed by atoms with Gasteiger partial charge in [0.1, 0.15) is 0 Å².